The van der Waals surface area contributed by atoms with Crippen LogP contribution < -0.4 is 0 Å². The fraction of sp³-hybridized carbons (Fsp3) is 0.583. The van der Waals surface area contributed by atoms with E-state index in [2.05, 4.69) is 59.2 Å². The van der Waals surface area contributed by atoms with E-state index in [9.17, 15) is 0 Å². The molecule has 0 aliphatic rings. The van der Waals surface area contributed by atoms with Gasteiger partial charge in [-0.1, -0.05) is 20.8 Å². The second kappa shape index (κ2) is 4.74. The first kappa shape index (κ1) is 14.2. The summed E-state index contributed by atoms with van der Waals surface area (Å²) < 4.78 is 9.50. The molecule has 0 spiro atoms. The summed E-state index contributed by atoms with van der Waals surface area (Å²) in [6.45, 7) is 12.0. The van der Waals surface area contributed by atoms with Crippen molar-refractivity contribution in [3.8, 4) is 0 Å². The zero-order valence-corrected chi connectivity index (χ0v) is 14.9. The zero-order chi connectivity index (χ0) is 13.6. The molecule has 0 aromatic carbocycles. The Bertz CT molecular complexity index is 556. The maximum absolute atomic E-state index is 6.26. The van der Waals surface area contributed by atoms with Gasteiger partial charge in [0.15, 0.2) is 8.32 Å². The Kier molecular flexibility index (Phi) is 3.75. The van der Waals surface area contributed by atoms with Crippen molar-refractivity contribution in [1.29, 1.82) is 0 Å². The maximum Gasteiger partial charge on any atom is 0.192 e. The smallest absolute Gasteiger partial charge is 0.192 e. The minimum absolute atomic E-state index is 0.240. The summed E-state index contributed by atoms with van der Waals surface area (Å²) in [4.78, 5) is 5.31. The van der Waals surface area contributed by atoms with Crippen LogP contribution in [-0.2, 0) is 11.0 Å². The summed E-state index contributed by atoms with van der Waals surface area (Å²) in [6, 6.07) is 0. The quantitative estimate of drug-likeness (QED) is 0.754. The summed E-state index contributed by atoms with van der Waals surface area (Å²) in [5, 5.41) is 0.240. The van der Waals surface area contributed by atoms with E-state index in [1.165, 1.54) is 0 Å². The van der Waals surface area contributed by atoms with Crippen LogP contribution in [0.25, 0.3) is 4.83 Å². The normalized spacial score (nSPS) is 13.4. The van der Waals surface area contributed by atoms with Gasteiger partial charge in [-0.2, -0.15) is 0 Å². The molecule has 2 rings (SSSR count). The fourth-order valence-corrected chi connectivity index (χ4v) is 3.96. The average molecular weight is 347 g/mol. The van der Waals surface area contributed by atoms with Crippen LogP contribution in [0.5, 0.6) is 0 Å². The van der Waals surface area contributed by atoms with Gasteiger partial charge in [0.2, 0.25) is 0 Å². The van der Waals surface area contributed by atoms with Crippen LogP contribution in [0, 0.1) is 0 Å². The Hall–Kier alpha value is -0.173. The molecule has 2 aromatic rings. The van der Waals surface area contributed by atoms with Crippen LogP contribution in [0.4, 0.5) is 0 Å². The summed E-state index contributed by atoms with van der Waals surface area (Å²) in [7, 11) is -1.70. The van der Waals surface area contributed by atoms with Crippen LogP contribution in [0.1, 0.15) is 26.5 Å². The molecule has 0 atom stereocenters. The summed E-state index contributed by atoms with van der Waals surface area (Å²) in [5.74, 6) is 0. The summed E-state index contributed by atoms with van der Waals surface area (Å²) in [6.07, 6.45) is 3.73. The van der Waals surface area contributed by atoms with Gasteiger partial charge in [0.1, 0.15) is 11.2 Å². The van der Waals surface area contributed by atoms with Gasteiger partial charge in [-0.15, -0.1) is 11.3 Å². The van der Waals surface area contributed by atoms with Crippen molar-refractivity contribution in [1.82, 2.24) is 9.38 Å². The van der Waals surface area contributed by atoms with Gasteiger partial charge in [0.25, 0.3) is 0 Å². The van der Waals surface area contributed by atoms with Crippen LogP contribution in [0.15, 0.2) is 16.3 Å². The highest BCUT2D eigenvalue weighted by Gasteiger charge is 2.37. The van der Waals surface area contributed by atoms with E-state index in [0.29, 0.717) is 6.61 Å². The molecule has 0 fully saturated rings. The average Bonchev–Trinajstić information content (AvgIpc) is 2.73. The minimum atomic E-state index is -1.70. The lowest BCUT2D eigenvalue weighted by Gasteiger charge is -2.36. The summed E-state index contributed by atoms with van der Waals surface area (Å²) >= 11 is 5.31. The molecule has 2 aromatic heterocycles. The third-order valence-corrected chi connectivity index (χ3v) is 10.0. The molecule has 0 saturated heterocycles. The van der Waals surface area contributed by atoms with Crippen LogP contribution in [0.2, 0.25) is 18.1 Å². The Morgan fingerprint density at radius 3 is 2.72 bits per heavy atom. The molecular weight excluding hydrogens is 328 g/mol. The van der Waals surface area contributed by atoms with E-state index in [1.54, 1.807) is 11.3 Å². The number of nitrogens with zero attached hydrogens (tertiary/aromatic N) is 2. The molecule has 0 N–H and O–H groups in total. The molecule has 0 radical (unpaired) electrons. The lowest BCUT2D eigenvalue weighted by Crippen LogP contribution is -2.40. The number of thiazole rings is 1. The molecular formula is C12H19BrN2OSSi. The van der Waals surface area contributed by atoms with E-state index in [1.807, 2.05) is 12.5 Å². The first-order valence-corrected chi connectivity index (χ1v) is 10.5. The number of hydrogen-bond donors (Lipinski definition) is 0. The Morgan fingerprint density at radius 2 is 2.11 bits per heavy atom. The topological polar surface area (TPSA) is 26.5 Å². The molecule has 100 valence electrons. The van der Waals surface area contributed by atoms with Gasteiger partial charge in [0.05, 0.1) is 22.3 Å². The molecule has 3 nitrogen and oxygen atoms in total. The predicted octanol–water partition coefficient (Wildman–Crippen LogP) is 4.68. The summed E-state index contributed by atoms with van der Waals surface area (Å²) in [5.41, 5.74) is 1.16. The molecule has 2 heterocycles. The Labute approximate surface area is 121 Å². The highest BCUT2D eigenvalue weighted by Crippen LogP contribution is 2.38. The lowest BCUT2D eigenvalue weighted by molar-refractivity contribution is 0.270. The van der Waals surface area contributed by atoms with Gasteiger partial charge in [-0.25, -0.2) is 4.98 Å². The van der Waals surface area contributed by atoms with Crippen LogP contribution in [0.3, 0.4) is 0 Å². The van der Waals surface area contributed by atoms with Gasteiger partial charge in [-0.05, 0) is 34.1 Å². The van der Waals surface area contributed by atoms with Crippen molar-refractivity contribution in [3.63, 3.8) is 0 Å². The Balaban J connectivity index is 2.20. The highest BCUT2D eigenvalue weighted by molar-refractivity contribution is 9.11. The number of halogens is 1. The maximum atomic E-state index is 6.26. The van der Waals surface area contributed by atoms with E-state index >= 15 is 0 Å². The molecule has 0 amide bonds. The number of imidazole rings is 1. The van der Waals surface area contributed by atoms with Crippen molar-refractivity contribution >= 4 is 40.4 Å². The van der Waals surface area contributed by atoms with Crippen molar-refractivity contribution in [3.05, 3.63) is 22.0 Å². The van der Waals surface area contributed by atoms with Crippen molar-refractivity contribution < 1.29 is 4.43 Å². The third-order valence-electron chi connectivity index (χ3n) is 3.69. The molecule has 0 bridgehead atoms. The van der Waals surface area contributed by atoms with E-state index in [4.69, 9.17) is 4.43 Å². The van der Waals surface area contributed by atoms with E-state index in [0.717, 1.165) is 14.3 Å². The minimum Gasteiger partial charge on any atom is -0.411 e. The highest BCUT2D eigenvalue weighted by atomic mass is 79.9. The van der Waals surface area contributed by atoms with Crippen molar-refractivity contribution in [2.24, 2.45) is 0 Å². The number of rotatable bonds is 3. The SMILES string of the molecule is CC(C)(C)[Si](C)(C)OCc1c(Br)sc2cncn12. The van der Waals surface area contributed by atoms with E-state index in [-0.39, 0.29) is 5.04 Å². The first-order valence-electron chi connectivity index (χ1n) is 5.95. The lowest BCUT2D eigenvalue weighted by atomic mass is 10.2. The number of aromatic nitrogens is 2. The molecule has 0 aliphatic carbocycles. The Morgan fingerprint density at radius 1 is 1.44 bits per heavy atom. The predicted molar refractivity (Wildman–Crippen MR) is 82.8 cm³/mol. The molecule has 6 heteroatoms. The van der Waals surface area contributed by atoms with Crippen molar-refractivity contribution in [2.45, 2.75) is 45.5 Å². The monoisotopic (exact) mass is 346 g/mol. The van der Waals surface area contributed by atoms with Crippen molar-refractivity contribution in [2.75, 3.05) is 0 Å². The molecule has 0 aliphatic heterocycles. The van der Waals surface area contributed by atoms with Gasteiger partial charge >= 0.3 is 0 Å². The molecule has 18 heavy (non-hydrogen) atoms. The second-order valence-electron chi connectivity index (χ2n) is 5.97. The third kappa shape index (κ3) is 2.57. The molecule has 0 saturated carbocycles. The zero-order valence-electron chi connectivity index (χ0n) is 11.5. The first-order chi connectivity index (χ1) is 8.22. The second-order valence-corrected chi connectivity index (χ2v) is 13.1. The van der Waals surface area contributed by atoms with Crippen LogP contribution in [-0.4, -0.2) is 17.7 Å². The number of hydrogen-bond acceptors (Lipinski definition) is 3. The van der Waals surface area contributed by atoms with Gasteiger partial charge < -0.3 is 4.43 Å². The van der Waals surface area contributed by atoms with E-state index < -0.39 is 8.32 Å². The fourth-order valence-electron chi connectivity index (χ4n) is 1.40. The number of fused-ring (bicyclic) bond motifs is 1. The molecule has 0 unspecified atom stereocenters. The largest absolute Gasteiger partial charge is 0.411 e. The van der Waals surface area contributed by atoms with Gasteiger partial charge in [0, 0.05) is 0 Å². The van der Waals surface area contributed by atoms with Gasteiger partial charge in [-0.3, -0.25) is 4.40 Å². The standard InChI is InChI=1S/C12H19BrN2OSSi/c1-12(2,3)18(4,5)16-7-9-11(13)17-10-6-14-8-15(9)10/h6,8H,7H2,1-5H3. The van der Waals surface area contributed by atoms with Crippen LogP contribution >= 0.6 is 27.3 Å².